The molecule has 0 unspecified atom stereocenters. The molecule has 0 saturated heterocycles. The second kappa shape index (κ2) is 5.06. The van der Waals surface area contributed by atoms with Crippen molar-refractivity contribution in [3.8, 4) is 23.1 Å². The van der Waals surface area contributed by atoms with E-state index in [4.69, 9.17) is 4.74 Å². The van der Waals surface area contributed by atoms with Crippen molar-refractivity contribution in [3.63, 3.8) is 0 Å². The lowest BCUT2D eigenvalue weighted by molar-refractivity contribution is 0.326. The number of nitriles is 1. The van der Waals surface area contributed by atoms with Crippen LogP contribution >= 0.6 is 0 Å². The maximum atomic E-state index is 9.29. The third-order valence-corrected chi connectivity index (χ3v) is 3.11. The third kappa shape index (κ3) is 1.90. The van der Waals surface area contributed by atoms with E-state index in [-0.39, 0.29) is 0 Å². The SMILES string of the molecule is CCOc1nn2ccccc2c1-c1ccccc1C#N. The topological polar surface area (TPSA) is 50.3 Å². The van der Waals surface area contributed by atoms with Crippen molar-refractivity contribution in [2.75, 3.05) is 6.61 Å². The number of hydrogen-bond donors (Lipinski definition) is 0. The highest BCUT2D eigenvalue weighted by Gasteiger charge is 2.17. The van der Waals surface area contributed by atoms with Crippen LogP contribution in [0.4, 0.5) is 0 Å². The molecule has 0 radical (unpaired) electrons. The van der Waals surface area contributed by atoms with Gasteiger partial charge in [-0.1, -0.05) is 24.3 Å². The third-order valence-electron chi connectivity index (χ3n) is 3.11. The maximum Gasteiger partial charge on any atom is 0.241 e. The highest BCUT2D eigenvalue weighted by molar-refractivity contribution is 5.87. The molecule has 2 aromatic heterocycles. The summed E-state index contributed by atoms with van der Waals surface area (Å²) in [6.45, 7) is 2.45. The minimum atomic E-state index is 0.533. The van der Waals surface area contributed by atoms with Crippen LogP contribution in [0, 0.1) is 11.3 Å². The fourth-order valence-corrected chi connectivity index (χ4v) is 2.27. The first-order chi connectivity index (χ1) is 9.85. The predicted octanol–water partition coefficient (Wildman–Crippen LogP) is 3.27. The number of nitrogens with zero attached hydrogens (tertiary/aromatic N) is 3. The van der Waals surface area contributed by atoms with Crippen molar-refractivity contribution in [2.45, 2.75) is 6.92 Å². The molecule has 0 saturated carbocycles. The van der Waals surface area contributed by atoms with Gasteiger partial charge in [-0.25, -0.2) is 4.52 Å². The molecule has 3 aromatic rings. The Morgan fingerprint density at radius 2 is 2.00 bits per heavy atom. The lowest BCUT2D eigenvalue weighted by atomic mass is 10.0. The molecule has 0 aliphatic carbocycles. The van der Waals surface area contributed by atoms with Gasteiger partial charge in [-0.2, -0.15) is 5.26 Å². The van der Waals surface area contributed by atoms with Gasteiger partial charge in [-0.15, -0.1) is 5.10 Å². The Labute approximate surface area is 116 Å². The van der Waals surface area contributed by atoms with Gasteiger partial charge in [0.25, 0.3) is 0 Å². The van der Waals surface area contributed by atoms with E-state index in [1.54, 1.807) is 10.6 Å². The summed E-state index contributed by atoms with van der Waals surface area (Å²) in [5.74, 6) is 0.557. The first kappa shape index (κ1) is 12.2. The van der Waals surface area contributed by atoms with Gasteiger partial charge in [-0.05, 0) is 25.1 Å². The van der Waals surface area contributed by atoms with E-state index in [1.165, 1.54) is 0 Å². The second-order valence-electron chi connectivity index (χ2n) is 4.30. The predicted molar refractivity (Wildman–Crippen MR) is 76.5 cm³/mol. The van der Waals surface area contributed by atoms with Gasteiger partial charge in [0.1, 0.15) is 0 Å². The highest BCUT2D eigenvalue weighted by atomic mass is 16.5. The zero-order valence-electron chi connectivity index (χ0n) is 11.1. The Morgan fingerprint density at radius 1 is 1.20 bits per heavy atom. The fraction of sp³-hybridized carbons (Fsp3) is 0.125. The lowest BCUT2D eigenvalue weighted by Crippen LogP contribution is -1.94. The van der Waals surface area contributed by atoms with Gasteiger partial charge < -0.3 is 4.74 Å². The maximum absolute atomic E-state index is 9.29. The number of fused-ring (bicyclic) bond motifs is 1. The zero-order chi connectivity index (χ0) is 13.9. The van der Waals surface area contributed by atoms with Crippen LogP contribution in [0.3, 0.4) is 0 Å². The molecule has 1 aromatic carbocycles. The average Bonchev–Trinajstić information content (AvgIpc) is 2.85. The summed E-state index contributed by atoms with van der Waals surface area (Å²) in [7, 11) is 0. The van der Waals surface area contributed by atoms with Gasteiger partial charge in [0.05, 0.1) is 29.3 Å². The van der Waals surface area contributed by atoms with E-state index in [0.717, 1.165) is 16.6 Å². The van der Waals surface area contributed by atoms with Crippen LogP contribution in [0.2, 0.25) is 0 Å². The number of hydrogen-bond acceptors (Lipinski definition) is 3. The molecule has 3 rings (SSSR count). The lowest BCUT2D eigenvalue weighted by Gasteiger charge is -2.05. The van der Waals surface area contributed by atoms with Crippen molar-refractivity contribution in [1.29, 1.82) is 5.26 Å². The van der Waals surface area contributed by atoms with Gasteiger partial charge in [-0.3, -0.25) is 0 Å². The molecule has 0 fully saturated rings. The molecular weight excluding hydrogens is 250 g/mol. The molecule has 0 atom stereocenters. The fourth-order valence-electron chi connectivity index (χ4n) is 2.27. The Balaban J connectivity index is 2.34. The molecule has 4 nitrogen and oxygen atoms in total. The number of rotatable bonds is 3. The van der Waals surface area contributed by atoms with Crippen LogP contribution < -0.4 is 4.74 Å². The molecule has 98 valence electrons. The Kier molecular flexibility index (Phi) is 3.10. The number of benzene rings is 1. The van der Waals surface area contributed by atoms with Crippen molar-refractivity contribution >= 4 is 5.52 Å². The van der Waals surface area contributed by atoms with Crippen LogP contribution in [-0.2, 0) is 0 Å². The van der Waals surface area contributed by atoms with Crippen LogP contribution in [0.25, 0.3) is 16.6 Å². The van der Waals surface area contributed by atoms with Crippen LogP contribution in [-0.4, -0.2) is 16.2 Å². The Morgan fingerprint density at radius 3 is 2.80 bits per heavy atom. The van der Waals surface area contributed by atoms with Crippen molar-refractivity contribution in [3.05, 3.63) is 54.2 Å². The molecule has 0 spiro atoms. The second-order valence-corrected chi connectivity index (χ2v) is 4.30. The van der Waals surface area contributed by atoms with E-state index in [0.29, 0.717) is 18.1 Å². The van der Waals surface area contributed by atoms with Gasteiger partial charge in [0.2, 0.25) is 5.88 Å². The summed E-state index contributed by atoms with van der Waals surface area (Å²) in [5.41, 5.74) is 3.26. The molecule has 0 aliphatic rings. The number of aromatic nitrogens is 2. The van der Waals surface area contributed by atoms with Crippen molar-refractivity contribution < 1.29 is 4.74 Å². The van der Waals surface area contributed by atoms with E-state index in [2.05, 4.69) is 11.2 Å². The Hall–Kier alpha value is -2.80. The highest BCUT2D eigenvalue weighted by Crippen LogP contribution is 2.35. The van der Waals surface area contributed by atoms with E-state index in [9.17, 15) is 5.26 Å². The summed E-state index contributed by atoms with van der Waals surface area (Å²) in [4.78, 5) is 0. The van der Waals surface area contributed by atoms with Crippen LogP contribution in [0.5, 0.6) is 5.88 Å². The largest absolute Gasteiger partial charge is 0.476 e. The van der Waals surface area contributed by atoms with Crippen LogP contribution in [0.1, 0.15) is 12.5 Å². The number of ether oxygens (including phenoxy) is 1. The standard InChI is InChI=1S/C16H13N3O/c1-2-20-16-15(13-8-4-3-7-12(13)11-17)14-9-5-6-10-19(14)18-16/h3-10H,2H2,1H3. The van der Waals surface area contributed by atoms with Gasteiger partial charge in [0.15, 0.2) is 0 Å². The minimum Gasteiger partial charge on any atom is -0.476 e. The summed E-state index contributed by atoms with van der Waals surface area (Å²) >= 11 is 0. The van der Waals surface area contributed by atoms with E-state index >= 15 is 0 Å². The molecule has 2 heterocycles. The minimum absolute atomic E-state index is 0.533. The Bertz CT molecular complexity index is 799. The van der Waals surface area contributed by atoms with E-state index in [1.807, 2.05) is 49.5 Å². The molecule has 0 bridgehead atoms. The molecule has 0 N–H and O–H groups in total. The summed E-state index contributed by atoms with van der Waals surface area (Å²) in [5, 5.41) is 13.7. The summed E-state index contributed by atoms with van der Waals surface area (Å²) < 4.78 is 7.41. The van der Waals surface area contributed by atoms with Crippen molar-refractivity contribution in [2.24, 2.45) is 0 Å². The van der Waals surface area contributed by atoms with Gasteiger partial charge in [0, 0.05) is 11.8 Å². The quantitative estimate of drug-likeness (QED) is 0.728. The monoisotopic (exact) mass is 263 g/mol. The molecule has 0 aliphatic heterocycles. The normalized spacial score (nSPS) is 10.4. The first-order valence-corrected chi connectivity index (χ1v) is 6.44. The summed E-state index contributed by atoms with van der Waals surface area (Å²) in [6, 6.07) is 15.6. The smallest absolute Gasteiger partial charge is 0.241 e. The first-order valence-electron chi connectivity index (χ1n) is 6.44. The number of pyridine rings is 1. The van der Waals surface area contributed by atoms with Crippen molar-refractivity contribution in [1.82, 2.24) is 9.61 Å². The summed E-state index contributed by atoms with van der Waals surface area (Å²) in [6.07, 6.45) is 1.87. The zero-order valence-corrected chi connectivity index (χ0v) is 11.1. The molecular formula is C16H13N3O. The molecule has 4 heteroatoms. The van der Waals surface area contributed by atoms with E-state index < -0.39 is 0 Å². The molecule has 20 heavy (non-hydrogen) atoms. The average molecular weight is 263 g/mol. The van der Waals surface area contributed by atoms with Crippen LogP contribution in [0.15, 0.2) is 48.7 Å². The molecule has 0 amide bonds. The van der Waals surface area contributed by atoms with Gasteiger partial charge >= 0.3 is 0 Å².